The van der Waals surface area contributed by atoms with Crippen LogP contribution in [0.5, 0.6) is 5.75 Å². The molecule has 23 heavy (non-hydrogen) atoms. The number of piperidine rings is 1. The summed E-state index contributed by atoms with van der Waals surface area (Å²) in [5.41, 5.74) is 1.20. The highest BCUT2D eigenvalue weighted by atomic mass is 16.5. The number of carbonyl (C=O) groups is 1. The van der Waals surface area contributed by atoms with Crippen molar-refractivity contribution < 1.29 is 9.53 Å². The molecule has 0 spiro atoms. The van der Waals surface area contributed by atoms with Crippen molar-refractivity contribution >= 4 is 5.78 Å². The molecule has 3 nitrogen and oxygen atoms in total. The summed E-state index contributed by atoms with van der Waals surface area (Å²) < 4.78 is 5.84. The molecule has 0 bridgehead atoms. The highest BCUT2D eigenvalue weighted by molar-refractivity contribution is 5.75. The molecule has 1 heterocycles. The fourth-order valence-electron chi connectivity index (χ4n) is 3.53. The van der Waals surface area contributed by atoms with Gasteiger partial charge in [0.1, 0.15) is 11.5 Å². The number of likely N-dealkylation sites (tertiary alicyclic amines) is 1. The number of ketones is 1. The maximum Gasteiger partial charge on any atom is 0.130 e. The summed E-state index contributed by atoms with van der Waals surface area (Å²) in [5.74, 6) is 2.81. The number of benzene rings is 1. The zero-order valence-electron chi connectivity index (χ0n) is 14.9. The van der Waals surface area contributed by atoms with Crippen molar-refractivity contribution in [2.24, 2.45) is 11.8 Å². The van der Waals surface area contributed by atoms with Gasteiger partial charge in [0.25, 0.3) is 0 Å². The summed E-state index contributed by atoms with van der Waals surface area (Å²) in [7, 11) is 0. The Hall–Kier alpha value is -1.35. The van der Waals surface area contributed by atoms with Crippen LogP contribution in [0.2, 0.25) is 0 Å². The smallest absolute Gasteiger partial charge is 0.130 e. The van der Waals surface area contributed by atoms with Gasteiger partial charge in [0, 0.05) is 26.1 Å². The third-order valence-corrected chi connectivity index (χ3v) is 4.52. The van der Waals surface area contributed by atoms with Crippen LogP contribution < -0.4 is 4.74 Å². The Morgan fingerprint density at radius 3 is 2.43 bits per heavy atom. The first-order valence-electron chi connectivity index (χ1n) is 8.96. The summed E-state index contributed by atoms with van der Waals surface area (Å²) in [5, 5.41) is 0. The van der Waals surface area contributed by atoms with Gasteiger partial charge in [-0.3, -0.25) is 0 Å². The lowest BCUT2D eigenvalue weighted by molar-refractivity contribution is -0.116. The van der Waals surface area contributed by atoms with E-state index < -0.39 is 0 Å². The van der Waals surface area contributed by atoms with Crippen LogP contribution in [0.1, 0.15) is 45.6 Å². The topological polar surface area (TPSA) is 29.5 Å². The second-order valence-corrected chi connectivity index (χ2v) is 7.25. The van der Waals surface area contributed by atoms with Crippen molar-refractivity contribution in [2.75, 3.05) is 26.2 Å². The number of rotatable bonds is 8. The van der Waals surface area contributed by atoms with Gasteiger partial charge < -0.3 is 14.4 Å². The van der Waals surface area contributed by atoms with Gasteiger partial charge in [-0.1, -0.05) is 26.0 Å². The first-order chi connectivity index (χ1) is 11.0. The first kappa shape index (κ1) is 18.0. The number of aryl methyl sites for hydroxylation is 1. The van der Waals surface area contributed by atoms with Gasteiger partial charge in [-0.25, -0.2) is 0 Å². The summed E-state index contributed by atoms with van der Waals surface area (Å²) in [6, 6.07) is 8.15. The Labute approximate surface area is 141 Å². The minimum Gasteiger partial charge on any atom is -0.494 e. The van der Waals surface area contributed by atoms with Crippen molar-refractivity contribution in [1.82, 2.24) is 4.90 Å². The molecule has 1 aliphatic heterocycles. The van der Waals surface area contributed by atoms with Crippen LogP contribution in [-0.2, 0) is 11.2 Å². The van der Waals surface area contributed by atoms with E-state index in [-0.39, 0.29) is 5.78 Å². The number of hydrogen-bond donors (Lipinski definition) is 0. The average Bonchev–Trinajstić information content (AvgIpc) is 2.50. The van der Waals surface area contributed by atoms with Gasteiger partial charge in [-0.2, -0.15) is 0 Å². The van der Waals surface area contributed by atoms with Crippen molar-refractivity contribution in [2.45, 2.75) is 46.5 Å². The van der Waals surface area contributed by atoms with E-state index in [4.69, 9.17) is 4.74 Å². The number of hydrogen-bond acceptors (Lipinski definition) is 3. The van der Waals surface area contributed by atoms with Crippen molar-refractivity contribution in [3.8, 4) is 5.75 Å². The summed E-state index contributed by atoms with van der Waals surface area (Å²) in [4.78, 5) is 13.6. The Kier molecular flexibility index (Phi) is 7.10. The van der Waals surface area contributed by atoms with Crippen LogP contribution >= 0.6 is 0 Å². The van der Waals surface area contributed by atoms with E-state index in [0.717, 1.165) is 43.6 Å². The van der Waals surface area contributed by atoms with Crippen LogP contribution in [0.4, 0.5) is 0 Å². The first-order valence-corrected chi connectivity index (χ1v) is 8.96. The summed E-state index contributed by atoms with van der Waals surface area (Å²) in [6.45, 7) is 10.7. The number of ether oxygens (including phenoxy) is 1. The van der Waals surface area contributed by atoms with Crippen LogP contribution in [0.3, 0.4) is 0 Å². The molecule has 1 aliphatic rings. The molecule has 0 aromatic heterocycles. The molecule has 3 heteroatoms. The third kappa shape index (κ3) is 6.74. The lowest BCUT2D eigenvalue weighted by Gasteiger charge is -2.34. The predicted octanol–water partition coefficient (Wildman–Crippen LogP) is 3.96. The van der Waals surface area contributed by atoms with Crippen LogP contribution in [0, 0.1) is 11.8 Å². The highest BCUT2D eigenvalue weighted by Gasteiger charge is 2.20. The highest BCUT2D eigenvalue weighted by Crippen LogP contribution is 2.21. The van der Waals surface area contributed by atoms with E-state index in [9.17, 15) is 4.79 Å². The average molecular weight is 317 g/mol. The molecule has 0 aliphatic carbocycles. The second kappa shape index (κ2) is 9.07. The molecule has 2 rings (SSSR count). The van der Waals surface area contributed by atoms with Crippen LogP contribution in [0.15, 0.2) is 24.3 Å². The molecular weight excluding hydrogens is 286 g/mol. The Balaban J connectivity index is 1.65. The minimum absolute atomic E-state index is 0.242. The van der Waals surface area contributed by atoms with E-state index in [2.05, 4.69) is 30.9 Å². The standard InChI is InChI=1S/C20H31NO2/c1-16-13-17(2)15-21(14-16)11-4-12-23-20-9-7-19(8-10-20)6-5-18(3)22/h7-10,16-17H,4-6,11-15H2,1-3H3/t16-,17+. The summed E-state index contributed by atoms with van der Waals surface area (Å²) in [6.07, 6.45) is 3.88. The monoisotopic (exact) mass is 317 g/mol. The third-order valence-electron chi connectivity index (χ3n) is 4.52. The lowest BCUT2D eigenvalue weighted by atomic mass is 9.92. The number of nitrogens with zero attached hydrogens (tertiary/aromatic N) is 1. The Morgan fingerprint density at radius 1 is 1.17 bits per heavy atom. The molecule has 0 radical (unpaired) electrons. The second-order valence-electron chi connectivity index (χ2n) is 7.25. The zero-order valence-corrected chi connectivity index (χ0v) is 14.9. The van der Waals surface area contributed by atoms with Crippen LogP contribution in [0.25, 0.3) is 0 Å². The fraction of sp³-hybridized carbons (Fsp3) is 0.650. The summed E-state index contributed by atoms with van der Waals surface area (Å²) >= 11 is 0. The van der Waals surface area contributed by atoms with Gasteiger partial charge in [-0.05, 0) is 55.7 Å². The molecule has 1 aromatic carbocycles. The molecule has 0 N–H and O–H groups in total. The molecule has 1 saturated heterocycles. The Morgan fingerprint density at radius 2 is 1.83 bits per heavy atom. The molecular formula is C20H31NO2. The van der Waals surface area contributed by atoms with Gasteiger partial charge >= 0.3 is 0 Å². The Bertz CT molecular complexity index is 473. The molecule has 1 aromatic rings. The van der Waals surface area contributed by atoms with E-state index >= 15 is 0 Å². The number of Topliss-reactive ketones (excluding diaryl/α,β-unsaturated/α-hetero) is 1. The minimum atomic E-state index is 0.242. The van der Waals surface area contributed by atoms with Crippen LogP contribution in [-0.4, -0.2) is 36.9 Å². The molecule has 2 atom stereocenters. The van der Waals surface area contributed by atoms with Gasteiger partial charge in [0.15, 0.2) is 0 Å². The molecule has 0 saturated carbocycles. The van der Waals surface area contributed by atoms with Gasteiger partial charge in [0.05, 0.1) is 6.61 Å². The van der Waals surface area contributed by atoms with Crippen molar-refractivity contribution in [3.63, 3.8) is 0 Å². The van der Waals surface area contributed by atoms with Crippen molar-refractivity contribution in [1.29, 1.82) is 0 Å². The van der Waals surface area contributed by atoms with E-state index in [1.165, 1.54) is 25.1 Å². The maximum absolute atomic E-state index is 11.0. The molecule has 0 amide bonds. The molecule has 0 unspecified atom stereocenters. The van der Waals surface area contributed by atoms with E-state index in [1.807, 2.05) is 12.1 Å². The van der Waals surface area contributed by atoms with Crippen molar-refractivity contribution in [3.05, 3.63) is 29.8 Å². The normalized spacial score (nSPS) is 22.0. The fourth-order valence-corrected chi connectivity index (χ4v) is 3.53. The van der Waals surface area contributed by atoms with Gasteiger partial charge in [0.2, 0.25) is 0 Å². The van der Waals surface area contributed by atoms with E-state index in [0.29, 0.717) is 6.42 Å². The number of carbonyl (C=O) groups excluding carboxylic acids is 1. The zero-order chi connectivity index (χ0) is 16.7. The molecule has 1 fully saturated rings. The maximum atomic E-state index is 11.0. The quantitative estimate of drug-likeness (QED) is 0.680. The largest absolute Gasteiger partial charge is 0.494 e. The van der Waals surface area contributed by atoms with Gasteiger partial charge in [-0.15, -0.1) is 0 Å². The van der Waals surface area contributed by atoms with E-state index in [1.54, 1.807) is 6.92 Å². The predicted molar refractivity (Wildman–Crippen MR) is 94.9 cm³/mol. The lowest BCUT2D eigenvalue weighted by Crippen LogP contribution is -2.39. The SMILES string of the molecule is CC(=O)CCc1ccc(OCCCN2C[C@H](C)C[C@H](C)C2)cc1. The molecule has 128 valence electrons.